The monoisotopic (exact) mass is 567 g/mol. The Morgan fingerprint density at radius 3 is 2.41 bits per heavy atom. The van der Waals surface area contributed by atoms with E-state index in [0.29, 0.717) is 47.2 Å². The minimum Gasteiger partial charge on any atom is -0.356 e. The number of carbonyl (C=O) groups is 1. The van der Waals surface area contributed by atoms with Gasteiger partial charge < -0.3 is 9.80 Å². The molecular formula is C32H59N2O4S+. The molecule has 0 unspecified atom stereocenters. The van der Waals surface area contributed by atoms with Crippen LogP contribution < -0.4 is 5.32 Å². The van der Waals surface area contributed by atoms with Gasteiger partial charge in [0, 0.05) is 25.8 Å². The zero-order valence-electron chi connectivity index (χ0n) is 25.7. The second-order valence-electron chi connectivity index (χ2n) is 15.4. The average Bonchev–Trinajstić information content (AvgIpc) is 3.21. The van der Waals surface area contributed by atoms with E-state index in [9.17, 15) is 13.2 Å². The quantitative estimate of drug-likeness (QED) is 0.164. The van der Waals surface area contributed by atoms with E-state index >= 15 is 0 Å². The van der Waals surface area contributed by atoms with Crippen LogP contribution in [-0.2, 0) is 14.9 Å². The molecule has 2 N–H and O–H groups in total. The van der Waals surface area contributed by atoms with Crippen LogP contribution in [0.5, 0.6) is 0 Å². The average molecular weight is 568 g/mol. The van der Waals surface area contributed by atoms with Crippen LogP contribution in [0.25, 0.3) is 0 Å². The summed E-state index contributed by atoms with van der Waals surface area (Å²) in [5.74, 6) is 5.13. The van der Waals surface area contributed by atoms with E-state index < -0.39 is 10.1 Å². The molecule has 0 aliphatic heterocycles. The Kier molecular flexibility index (Phi) is 9.86. The third-order valence-electron chi connectivity index (χ3n) is 12.6. The van der Waals surface area contributed by atoms with Crippen LogP contribution in [0.3, 0.4) is 0 Å². The summed E-state index contributed by atoms with van der Waals surface area (Å²) >= 11 is 0. The first-order chi connectivity index (χ1) is 18.3. The number of nitrogens with one attached hydrogen (secondary N) is 1. The molecule has 0 saturated heterocycles. The Labute approximate surface area is 239 Å². The summed E-state index contributed by atoms with van der Waals surface area (Å²) in [4.78, 5) is 12.7. The molecule has 226 valence electrons. The van der Waals surface area contributed by atoms with Gasteiger partial charge in [0.1, 0.15) is 0 Å². The number of fused-ring (bicyclic) bond motifs is 5. The smallest absolute Gasteiger partial charge is 0.265 e. The number of hydrogen-bond acceptors (Lipinski definition) is 3. The first-order valence-corrected chi connectivity index (χ1v) is 17.9. The highest BCUT2D eigenvalue weighted by Crippen LogP contribution is 2.68. The van der Waals surface area contributed by atoms with Crippen molar-refractivity contribution in [2.75, 3.05) is 39.5 Å². The van der Waals surface area contributed by atoms with E-state index in [4.69, 9.17) is 4.55 Å². The largest absolute Gasteiger partial charge is 0.356 e. The maximum absolute atomic E-state index is 12.7. The summed E-state index contributed by atoms with van der Waals surface area (Å²) in [5.41, 5.74) is 1.08. The van der Waals surface area contributed by atoms with Gasteiger partial charge in [0.15, 0.2) is 0 Å². The summed E-state index contributed by atoms with van der Waals surface area (Å²) in [6.07, 6.45) is 17.4. The Morgan fingerprint density at radius 2 is 1.67 bits per heavy atom. The second kappa shape index (κ2) is 12.3. The van der Waals surface area contributed by atoms with Gasteiger partial charge in [0.05, 0.1) is 32.9 Å². The lowest BCUT2D eigenvalue weighted by Gasteiger charge is -2.61. The SMILES string of the molecule is C[C@H](CCC(=O)NCCC[N+](C)(C)CCCS(=O)(=O)O)[C@H]1CC[C@@H]2[C@@H]3CC[C@H]4CCCC[C@]4(C)[C@H]3CC[C@@]21C. The molecule has 4 aliphatic rings. The van der Waals surface area contributed by atoms with E-state index in [1.54, 1.807) is 0 Å². The highest BCUT2D eigenvalue weighted by Gasteiger charge is 2.60. The molecular weight excluding hydrogens is 508 g/mol. The predicted octanol–water partition coefficient (Wildman–Crippen LogP) is 6.31. The number of amides is 1. The van der Waals surface area contributed by atoms with E-state index in [1.165, 1.54) is 64.2 Å². The van der Waals surface area contributed by atoms with Crippen molar-refractivity contribution in [3.05, 3.63) is 0 Å². The van der Waals surface area contributed by atoms with Crippen LogP contribution >= 0.6 is 0 Å². The Morgan fingerprint density at radius 1 is 0.949 bits per heavy atom. The fourth-order valence-corrected chi connectivity index (χ4v) is 10.9. The van der Waals surface area contributed by atoms with Gasteiger partial charge >= 0.3 is 0 Å². The summed E-state index contributed by atoms with van der Waals surface area (Å²) < 4.78 is 31.5. The minimum atomic E-state index is -3.89. The van der Waals surface area contributed by atoms with Gasteiger partial charge in [-0.25, -0.2) is 0 Å². The molecule has 8 atom stereocenters. The van der Waals surface area contributed by atoms with Gasteiger partial charge in [-0.2, -0.15) is 8.42 Å². The van der Waals surface area contributed by atoms with Crippen LogP contribution in [-0.4, -0.2) is 62.8 Å². The highest BCUT2D eigenvalue weighted by atomic mass is 32.2. The highest BCUT2D eigenvalue weighted by molar-refractivity contribution is 7.85. The first kappa shape index (κ1) is 31.3. The molecule has 4 rings (SSSR count). The lowest BCUT2D eigenvalue weighted by molar-refractivity contribution is -0.890. The maximum Gasteiger partial charge on any atom is 0.265 e. The van der Waals surface area contributed by atoms with Gasteiger partial charge in [-0.05, 0) is 104 Å². The molecule has 4 fully saturated rings. The summed E-state index contributed by atoms with van der Waals surface area (Å²) in [7, 11) is 0.241. The molecule has 1 amide bonds. The van der Waals surface area contributed by atoms with Crippen LogP contribution in [0.4, 0.5) is 0 Å². The van der Waals surface area contributed by atoms with Crippen molar-refractivity contribution in [3.63, 3.8) is 0 Å². The molecule has 7 heteroatoms. The predicted molar refractivity (Wildman–Crippen MR) is 159 cm³/mol. The van der Waals surface area contributed by atoms with E-state index in [2.05, 4.69) is 40.2 Å². The molecule has 4 saturated carbocycles. The van der Waals surface area contributed by atoms with Gasteiger partial charge in [-0.3, -0.25) is 9.35 Å². The lowest BCUT2D eigenvalue weighted by Crippen LogP contribution is -2.53. The zero-order valence-corrected chi connectivity index (χ0v) is 26.5. The Balaban J connectivity index is 1.20. The van der Waals surface area contributed by atoms with E-state index in [0.717, 1.165) is 49.0 Å². The maximum atomic E-state index is 12.7. The van der Waals surface area contributed by atoms with Crippen LogP contribution in [0.2, 0.25) is 0 Å². The zero-order chi connectivity index (χ0) is 28.5. The molecule has 0 radical (unpaired) electrons. The van der Waals surface area contributed by atoms with Crippen molar-refractivity contribution in [1.82, 2.24) is 5.32 Å². The van der Waals surface area contributed by atoms with Crippen molar-refractivity contribution in [3.8, 4) is 0 Å². The van der Waals surface area contributed by atoms with Crippen molar-refractivity contribution >= 4 is 16.0 Å². The van der Waals surface area contributed by atoms with Crippen LogP contribution in [0, 0.1) is 46.3 Å². The van der Waals surface area contributed by atoms with Crippen LogP contribution in [0.15, 0.2) is 0 Å². The molecule has 0 aromatic rings. The number of carbonyl (C=O) groups excluding carboxylic acids is 1. The third kappa shape index (κ3) is 7.23. The number of hydrogen-bond donors (Lipinski definition) is 2. The fraction of sp³-hybridized carbons (Fsp3) is 0.969. The molecule has 39 heavy (non-hydrogen) atoms. The number of nitrogens with zero attached hydrogens (tertiary/aromatic N) is 1. The molecule has 0 heterocycles. The topological polar surface area (TPSA) is 83.5 Å². The standard InChI is InChI=1S/C32H58N2O4S/c1-24(11-16-30(35)33-20-8-21-34(4,5)22-9-23-39(36,37)38)27-14-15-28-26-13-12-25-10-6-7-18-31(25,2)29(26)17-19-32(27,28)3/h24-29H,6-23H2,1-5H3,(H-,33,35,36,37,38)/p+1/t24-,25-,26+,27-,28-,29+,31+,32-/m1/s1. The lowest BCUT2D eigenvalue weighted by atomic mass is 9.44. The Hall–Kier alpha value is -0.660. The van der Waals surface area contributed by atoms with Crippen molar-refractivity contribution < 1.29 is 22.2 Å². The van der Waals surface area contributed by atoms with Crippen molar-refractivity contribution in [1.29, 1.82) is 0 Å². The van der Waals surface area contributed by atoms with E-state index in [1.807, 2.05) is 0 Å². The van der Waals surface area contributed by atoms with Crippen LogP contribution in [0.1, 0.15) is 111 Å². The van der Waals surface area contributed by atoms with Crippen molar-refractivity contribution in [2.45, 2.75) is 111 Å². The van der Waals surface area contributed by atoms with Crippen molar-refractivity contribution in [2.24, 2.45) is 46.3 Å². The van der Waals surface area contributed by atoms with Gasteiger partial charge in [-0.15, -0.1) is 0 Å². The number of quaternary nitrogens is 1. The molecule has 0 aromatic heterocycles. The summed E-state index contributed by atoms with van der Waals surface area (Å²) in [5, 5.41) is 3.13. The second-order valence-corrected chi connectivity index (χ2v) is 16.9. The summed E-state index contributed by atoms with van der Waals surface area (Å²) in [6, 6.07) is 0. The minimum absolute atomic E-state index is 0.172. The van der Waals surface area contributed by atoms with Gasteiger partial charge in [-0.1, -0.05) is 33.6 Å². The molecule has 4 aliphatic carbocycles. The van der Waals surface area contributed by atoms with E-state index in [-0.39, 0.29) is 11.7 Å². The van der Waals surface area contributed by atoms with Gasteiger partial charge in [0.2, 0.25) is 5.91 Å². The summed E-state index contributed by atoms with van der Waals surface area (Å²) in [6.45, 7) is 9.95. The third-order valence-corrected chi connectivity index (χ3v) is 13.4. The molecule has 6 nitrogen and oxygen atoms in total. The molecule has 0 aromatic carbocycles. The Bertz CT molecular complexity index is 952. The molecule has 0 bridgehead atoms. The first-order valence-electron chi connectivity index (χ1n) is 16.3. The fourth-order valence-electron chi connectivity index (χ4n) is 10.4. The number of rotatable bonds is 12. The molecule has 0 spiro atoms. The normalized spacial score (nSPS) is 37.4. The van der Waals surface area contributed by atoms with Gasteiger partial charge in [0.25, 0.3) is 10.1 Å².